The van der Waals surface area contributed by atoms with E-state index in [9.17, 15) is 8.78 Å². The lowest BCUT2D eigenvalue weighted by Crippen LogP contribution is -2.14. The van der Waals surface area contributed by atoms with Crippen molar-refractivity contribution in [1.82, 2.24) is 0 Å². The van der Waals surface area contributed by atoms with Crippen LogP contribution in [0.4, 0.5) is 8.78 Å². The van der Waals surface area contributed by atoms with Crippen molar-refractivity contribution < 1.29 is 13.5 Å². The number of rotatable bonds is 4. The van der Waals surface area contributed by atoms with Crippen LogP contribution in [0.1, 0.15) is 11.1 Å². The van der Waals surface area contributed by atoms with Gasteiger partial charge in [-0.25, -0.2) is 8.78 Å². The van der Waals surface area contributed by atoms with Crippen molar-refractivity contribution in [1.29, 1.82) is 0 Å². The molecule has 0 spiro atoms. The monoisotopic (exact) mass is 391 g/mol. The minimum atomic E-state index is -0.608. The summed E-state index contributed by atoms with van der Waals surface area (Å²) in [6.45, 7) is -0.00982. The van der Waals surface area contributed by atoms with Gasteiger partial charge in [-0.3, -0.25) is 0 Å². The van der Waals surface area contributed by atoms with Crippen LogP contribution in [0.25, 0.3) is 0 Å². The van der Waals surface area contributed by atoms with Gasteiger partial charge in [0.2, 0.25) is 0 Å². The van der Waals surface area contributed by atoms with E-state index < -0.39 is 11.6 Å². The zero-order valence-corrected chi connectivity index (χ0v) is 13.7. The molecule has 2 aromatic carbocycles. The highest BCUT2D eigenvalue weighted by Crippen LogP contribution is 2.31. The quantitative estimate of drug-likeness (QED) is 0.610. The Labute approximate surface area is 139 Å². The first kappa shape index (κ1) is 16.1. The number of benzene rings is 2. The summed E-state index contributed by atoms with van der Waals surface area (Å²) < 4.78 is 32.7. The molecule has 110 valence electrons. The van der Waals surface area contributed by atoms with E-state index in [1.165, 1.54) is 24.3 Å². The number of nitrogens with two attached hydrogens (primary N) is 1. The highest BCUT2D eigenvalue weighted by atomic mass is 79.9. The molecule has 0 heterocycles. The molecule has 0 aromatic heterocycles. The van der Waals surface area contributed by atoms with Crippen LogP contribution in [-0.2, 0) is 6.61 Å². The molecule has 7 heteroatoms. The number of hydrogen-bond acceptors (Lipinski definition) is 2. The summed E-state index contributed by atoms with van der Waals surface area (Å²) in [4.78, 5) is 0.134. The summed E-state index contributed by atoms with van der Waals surface area (Å²) in [6.07, 6.45) is 0. The molecule has 2 nitrogen and oxygen atoms in total. The molecule has 0 saturated heterocycles. The van der Waals surface area contributed by atoms with Crippen molar-refractivity contribution >= 4 is 44.7 Å². The Kier molecular flexibility index (Phi) is 5.13. The molecule has 0 aliphatic rings. The molecule has 0 fully saturated rings. The Morgan fingerprint density at radius 3 is 2.67 bits per heavy atom. The summed E-state index contributed by atoms with van der Waals surface area (Å²) in [5.41, 5.74) is 6.56. The number of halogens is 4. The van der Waals surface area contributed by atoms with Gasteiger partial charge in [0.05, 0.1) is 9.50 Å². The Bertz CT molecular complexity index is 712. The van der Waals surface area contributed by atoms with Crippen molar-refractivity contribution in [3.63, 3.8) is 0 Å². The molecule has 0 aliphatic carbocycles. The Morgan fingerprint density at radius 1 is 1.29 bits per heavy atom. The average molecular weight is 393 g/mol. The van der Waals surface area contributed by atoms with Crippen molar-refractivity contribution in [2.45, 2.75) is 6.61 Å². The molecule has 0 aliphatic heterocycles. The third-order valence-electron chi connectivity index (χ3n) is 2.69. The molecule has 2 N–H and O–H groups in total. The third kappa shape index (κ3) is 3.90. The van der Waals surface area contributed by atoms with Crippen LogP contribution in [0.2, 0.25) is 5.02 Å². The zero-order chi connectivity index (χ0) is 15.6. The van der Waals surface area contributed by atoms with Crippen molar-refractivity contribution in [3.05, 3.63) is 62.6 Å². The fraction of sp³-hybridized carbons (Fsp3) is 0.0714. The van der Waals surface area contributed by atoms with Crippen LogP contribution in [-0.4, -0.2) is 4.99 Å². The minimum absolute atomic E-state index is 0.00982. The van der Waals surface area contributed by atoms with E-state index in [1.807, 2.05) is 0 Å². The lowest BCUT2D eigenvalue weighted by atomic mass is 10.1. The maximum Gasteiger partial charge on any atom is 0.145 e. The van der Waals surface area contributed by atoms with Gasteiger partial charge in [0, 0.05) is 17.2 Å². The maximum absolute atomic E-state index is 13.4. The molecular weight excluding hydrogens is 384 g/mol. The molecule has 0 bridgehead atoms. The van der Waals surface area contributed by atoms with E-state index in [0.29, 0.717) is 15.6 Å². The first-order valence-corrected chi connectivity index (χ1v) is 7.32. The molecule has 21 heavy (non-hydrogen) atoms. The van der Waals surface area contributed by atoms with Crippen LogP contribution in [0.15, 0.2) is 34.8 Å². The highest BCUT2D eigenvalue weighted by molar-refractivity contribution is 9.10. The van der Waals surface area contributed by atoms with Gasteiger partial charge in [-0.1, -0.05) is 23.8 Å². The predicted octanol–water partition coefficient (Wildman–Crippen LogP) is 4.59. The van der Waals surface area contributed by atoms with Gasteiger partial charge in [0.15, 0.2) is 0 Å². The second kappa shape index (κ2) is 6.68. The van der Waals surface area contributed by atoms with Crippen molar-refractivity contribution in [3.8, 4) is 5.75 Å². The van der Waals surface area contributed by atoms with Crippen molar-refractivity contribution in [2.75, 3.05) is 0 Å². The smallest absolute Gasteiger partial charge is 0.145 e. The molecule has 0 amide bonds. The average Bonchev–Trinajstić information content (AvgIpc) is 2.41. The number of thiocarbonyl (C=S) groups is 1. The Hall–Kier alpha value is -1.24. The fourth-order valence-electron chi connectivity index (χ4n) is 1.69. The Balaban J connectivity index is 2.26. The third-order valence-corrected chi connectivity index (χ3v) is 3.82. The SMILES string of the molecule is NC(=S)c1ccc(F)cc1COc1cc(F)c(Cl)cc1Br. The number of ether oxygens (including phenoxy) is 1. The Morgan fingerprint density at radius 2 is 2.00 bits per heavy atom. The molecular formula is C14H9BrClF2NOS. The molecule has 0 unspecified atom stereocenters. The van der Waals surface area contributed by atoms with Crippen LogP contribution in [0.5, 0.6) is 5.75 Å². The van der Waals surface area contributed by atoms with E-state index in [0.717, 1.165) is 6.07 Å². The van der Waals surface area contributed by atoms with Gasteiger partial charge in [-0.2, -0.15) is 0 Å². The number of hydrogen-bond donors (Lipinski definition) is 1. The minimum Gasteiger partial charge on any atom is -0.488 e. The molecule has 2 rings (SSSR count). The topological polar surface area (TPSA) is 35.2 Å². The normalized spacial score (nSPS) is 10.5. The first-order valence-electron chi connectivity index (χ1n) is 5.74. The van der Waals surface area contributed by atoms with Crippen LogP contribution in [0.3, 0.4) is 0 Å². The maximum atomic E-state index is 13.4. The van der Waals surface area contributed by atoms with E-state index in [1.54, 1.807) is 0 Å². The predicted molar refractivity (Wildman–Crippen MR) is 85.7 cm³/mol. The van der Waals surface area contributed by atoms with Gasteiger partial charge < -0.3 is 10.5 Å². The van der Waals surface area contributed by atoms with Gasteiger partial charge in [-0.05, 0) is 40.2 Å². The van der Waals surface area contributed by atoms with Crippen LogP contribution >= 0.6 is 39.7 Å². The highest BCUT2D eigenvalue weighted by Gasteiger charge is 2.11. The van der Waals surface area contributed by atoms with Crippen LogP contribution < -0.4 is 10.5 Å². The van der Waals surface area contributed by atoms with E-state index in [4.69, 9.17) is 34.3 Å². The molecule has 2 aromatic rings. The van der Waals surface area contributed by atoms with Crippen molar-refractivity contribution in [2.24, 2.45) is 5.73 Å². The summed E-state index contributed by atoms with van der Waals surface area (Å²) in [6, 6.07) is 6.54. The summed E-state index contributed by atoms with van der Waals surface area (Å²) in [7, 11) is 0. The van der Waals surface area contributed by atoms with E-state index >= 15 is 0 Å². The molecule has 0 atom stereocenters. The second-order valence-electron chi connectivity index (χ2n) is 4.15. The zero-order valence-electron chi connectivity index (χ0n) is 10.5. The summed E-state index contributed by atoms with van der Waals surface area (Å²) in [5.74, 6) is -0.798. The van der Waals surface area contributed by atoms with Gasteiger partial charge >= 0.3 is 0 Å². The summed E-state index contributed by atoms with van der Waals surface area (Å²) >= 11 is 13.8. The lowest BCUT2D eigenvalue weighted by molar-refractivity contribution is 0.302. The van der Waals surface area contributed by atoms with E-state index in [2.05, 4.69) is 15.9 Å². The van der Waals surface area contributed by atoms with Gasteiger partial charge in [0.1, 0.15) is 29.0 Å². The molecule has 0 radical (unpaired) electrons. The van der Waals surface area contributed by atoms with E-state index in [-0.39, 0.29) is 22.4 Å². The van der Waals surface area contributed by atoms with Gasteiger partial charge in [-0.15, -0.1) is 0 Å². The lowest BCUT2D eigenvalue weighted by Gasteiger charge is -2.12. The fourth-order valence-corrected chi connectivity index (χ4v) is 2.64. The summed E-state index contributed by atoms with van der Waals surface area (Å²) in [5, 5.41) is -0.0243. The standard InChI is InChI=1S/C14H9BrClF2NOS/c15-10-4-11(16)12(18)5-13(10)20-6-7-3-8(17)1-2-9(7)14(19)21/h1-5H,6H2,(H2,19,21). The van der Waals surface area contributed by atoms with Crippen LogP contribution in [0, 0.1) is 11.6 Å². The van der Waals surface area contributed by atoms with Gasteiger partial charge in [0.25, 0.3) is 0 Å². The molecule has 0 saturated carbocycles. The second-order valence-corrected chi connectivity index (χ2v) is 5.85. The first-order chi connectivity index (χ1) is 9.88. The largest absolute Gasteiger partial charge is 0.488 e.